The quantitative estimate of drug-likeness (QED) is 0.162. The van der Waals surface area contributed by atoms with Gasteiger partial charge in [0.2, 0.25) is 22.7 Å². The van der Waals surface area contributed by atoms with Crippen molar-refractivity contribution in [2.24, 2.45) is 0 Å². The van der Waals surface area contributed by atoms with Crippen LogP contribution >= 0.6 is 0 Å². The van der Waals surface area contributed by atoms with Gasteiger partial charge in [-0.05, 0) is 42.0 Å². The molecule has 6 aliphatic rings. The molecule has 2 atom stereocenters. The molecule has 0 saturated heterocycles. The molecule has 0 amide bonds. The Hall–Kier alpha value is -8.36. The van der Waals surface area contributed by atoms with E-state index in [0.717, 1.165) is 79.1 Å². The van der Waals surface area contributed by atoms with Crippen molar-refractivity contribution >= 4 is 47.6 Å². The molecule has 14 rings (SSSR count). The third-order valence-corrected chi connectivity index (χ3v) is 14.3. The summed E-state index contributed by atoms with van der Waals surface area (Å²) < 4.78 is 36.3. The third kappa shape index (κ3) is 5.79. The van der Waals surface area contributed by atoms with Crippen molar-refractivity contribution in [3.8, 4) is 23.0 Å². The first kappa shape index (κ1) is 40.0. The molecule has 8 nitrogen and oxygen atoms in total. The van der Waals surface area contributed by atoms with Crippen LogP contribution in [0.25, 0.3) is 0 Å². The lowest BCUT2D eigenvalue weighted by atomic mass is 9.75. The standard InChI is InChI=1S/2C30H24N2O2/c1-29(2)24-15-7-8-17-26(24)32-19-21-11-6-9-18-27(21)33-30(32)31(23-13-4-3-5-14-23)20-22-12-10-16-25(29)28(22)34-30;1-29(2)23-12-9-15-25(18-23)32-19-21-10-6-7-17-27(21)33-30(32)31(24-13-4-3-5-14-24)20-22-11-8-16-26(29)28(22)34-30/h2*3-20H,1-2H3/q2*+2/t2*30-/m11/s1. The maximum Gasteiger partial charge on any atom is 0.714 e. The zero-order valence-electron chi connectivity index (χ0n) is 38.2. The van der Waals surface area contributed by atoms with Crippen LogP contribution in [0.15, 0.2) is 194 Å². The molecule has 2 spiro atoms. The summed E-state index contributed by atoms with van der Waals surface area (Å²) >= 11 is 0. The van der Waals surface area contributed by atoms with Crippen molar-refractivity contribution in [1.29, 1.82) is 0 Å². The Bertz CT molecular complexity index is 3480. The van der Waals surface area contributed by atoms with Gasteiger partial charge >= 0.3 is 12.1 Å². The highest BCUT2D eigenvalue weighted by Crippen LogP contribution is 2.51. The number of para-hydroxylation sites is 7. The Morgan fingerprint density at radius 3 is 1.34 bits per heavy atom. The van der Waals surface area contributed by atoms with Crippen LogP contribution < -0.4 is 18.9 Å². The van der Waals surface area contributed by atoms with Gasteiger partial charge in [-0.3, -0.25) is 0 Å². The Kier molecular flexibility index (Phi) is 8.56. The molecule has 6 aliphatic heterocycles. The second-order valence-electron chi connectivity index (χ2n) is 19.0. The van der Waals surface area contributed by atoms with E-state index in [1.807, 2.05) is 72.8 Å². The van der Waals surface area contributed by atoms with Gasteiger partial charge in [0.1, 0.15) is 0 Å². The predicted octanol–water partition coefficient (Wildman–Crippen LogP) is 11.9. The number of fused-ring (bicyclic) bond motifs is 7. The average Bonchev–Trinajstić information content (AvgIpc) is 3.39. The van der Waals surface area contributed by atoms with Crippen LogP contribution in [-0.4, -0.2) is 55.2 Å². The summed E-state index contributed by atoms with van der Waals surface area (Å²) in [6.45, 7) is 9.04. The maximum absolute atomic E-state index is 7.06. The van der Waals surface area contributed by atoms with E-state index in [4.69, 9.17) is 18.9 Å². The molecule has 0 saturated carbocycles. The number of hydrogen-bond donors (Lipinski definition) is 0. The largest absolute Gasteiger partial charge is 0.714 e. The van der Waals surface area contributed by atoms with E-state index < -0.39 is 12.1 Å². The summed E-state index contributed by atoms with van der Waals surface area (Å²) in [4.78, 5) is 0. The molecule has 0 aliphatic carbocycles. The first-order chi connectivity index (χ1) is 33.1. The molecular weight excluding hydrogens is 841 g/mol. The van der Waals surface area contributed by atoms with Crippen LogP contribution in [0, 0.1) is 0 Å². The molecule has 0 N–H and O–H groups in total. The van der Waals surface area contributed by atoms with E-state index in [2.05, 4.69) is 192 Å². The molecule has 328 valence electrons. The molecule has 6 heterocycles. The van der Waals surface area contributed by atoms with Crippen molar-refractivity contribution < 1.29 is 37.2 Å². The summed E-state index contributed by atoms with van der Waals surface area (Å²) in [6.07, 6.45) is 8.58. The van der Waals surface area contributed by atoms with E-state index in [9.17, 15) is 0 Å². The minimum absolute atomic E-state index is 0.257. The Balaban J connectivity index is 0.000000134. The molecule has 0 unspecified atom stereocenters. The first-order valence-corrected chi connectivity index (χ1v) is 23.2. The van der Waals surface area contributed by atoms with Crippen molar-refractivity contribution in [3.05, 3.63) is 239 Å². The summed E-state index contributed by atoms with van der Waals surface area (Å²) in [6, 6.07) is 64.2. The zero-order chi connectivity index (χ0) is 45.8. The molecule has 0 fully saturated rings. The minimum Gasteiger partial charge on any atom is -0.340 e. The molecule has 0 aromatic heterocycles. The van der Waals surface area contributed by atoms with Crippen LogP contribution in [0.2, 0.25) is 0 Å². The molecule has 8 heteroatoms. The molecule has 8 aromatic rings. The van der Waals surface area contributed by atoms with Crippen LogP contribution in [0.5, 0.6) is 23.0 Å². The van der Waals surface area contributed by atoms with Crippen molar-refractivity contribution in [2.45, 2.75) is 50.6 Å². The maximum atomic E-state index is 7.06. The van der Waals surface area contributed by atoms with Gasteiger partial charge in [-0.1, -0.05) is 161 Å². The van der Waals surface area contributed by atoms with Crippen molar-refractivity contribution in [2.75, 3.05) is 0 Å². The number of hydrogen-bond acceptors (Lipinski definition) is 4. The highest BCUT2D eigenvalue weighted by molar-refractivity contribution is 5.86. The van der Waals surface area contributed by atoms with Crippen LogP contribution in [-0.2, 0) is 10.8 Å². The van der Waals surface area contributed by atoms with Gasteiger partial charge in [-0.2, -0.15) is 0 Å². The monoisotopic (exact) mass is 888 g/mol. The highest BCUT2D eigenvalue weighted by atomic mass is 16.8. The summed E-state index contributed by atoms with van der Waals surface area (Å²) in [5.74, 6) is 3.27. The molecule has 6 bridgehead atoms. The topological polar surface area (TPSA) is 49.0 Å². The lowest BCUT2D eigenvalue weighted by molar-refractivity contribution is -0.856. The van der Waals surface area contributed by atoms with E-state index in [0.29, 0.717) is 0 Å². The third-order valence-electron chi connectivity index (χ3n) is 14.3. The van der Waals surface area contributed by atoms with Gasteiger partial charge in [-0.25, -0.2) is 0 Å². The normalized spacial score (nSPS) is 20.6. The lowest BCUT2D eigenvalue weighted by Gasteiger charge is -2.37. The summed E-state index contributed by atoms with van der Waals surface area (Å²) in [7, 11) is 0. The average molecular weight is 889 g/mol. The first-order valence-electron chi connectivity index (χ1n) is 23.2. The SMILES string of the molecule is CC1(C)c2cccc(c2)[N+]2=Cc3ccccc3O[C@]23Oc2c(cccc21)C=[N+]3c1ccccc1.CC1(C)c2ccccc2[N+]2=Cc3ccccc3O[C@]23Oc2c(cccc21)C=[N+]3c1ccccc1. The predicted molar refractivity (Wildman–Crippen MR) is 264 cm³/mol. The molecule has 8 aromatic carbocycles. The Morgan fingerprint density at radius 2 is 0.735 bits per heavy atom. The van der Waals surface area contributed by atoms with Crippen LogP contribution in [0.1, 0.15) is 72.2 Å². The summed E-state index contributed by atoms with van der Waals surface area (Å²) in [5.41, 5.74) is 12.3. The second kappa shape index (κ2) is 14.6. The van der Waals surface area contributed by atoms with E-state index >= 15 is 0 Å². The van der Waals surface area contributed by atoms with Gasteiger partial charge in [0.05, 0.1) is 22.3 Å². The minimum atomic E-state index is -1.27. The second-order valence-corrected chi connectivity index (χ2v) is 19.0. The number of benzene rings is 8. The van der Waals surface area contributed by atoms with Gasteiger partial charge in [-0.15, -0.1) is 0 Å². The van der Waals surface area contributed by atoms with Crippen LogP contribution in [0.3, 0.4) is 0 Å². The van der Waals surface area contributed by atoms with Crippen molar-refractivity contribution in [3.63, 3.8) is 0 Å². The zero-order valence-corrected chi connectivity index (χ0v) is 38.2. The van der Waals surface area contributed by atoms with E-state index in [-0.39, 0.29) is 10.8 Å². The fourth-order valence-electron chi connectivity index (χ4n) is 10.7. The fraction of sp³-hybridized carbons (Fsp3) is 0.133. The van der Waals surface area contributed by atoms with E-state index in [1.165, 1.54) is 11.1 Å². The Labute approximate surface area is 395 Å². The molecule has 0 radical (unpaired) electrons. The van der Waals surface area contributed by atoms with E-state index in [1.54, 1.807) is 0 Å². The molecular formula is C60H48N4O4+4. The highest BCUT2D eigenvalue weighted by Gasteiger charge is 2.69. The number of nitrogens with zero attached hydrogens (tertiary/aromatic N) is 4. The van der Waals surface area contributed by atoms with Gasteiger partial charge < -0.3 is 18.9 Å². The van der Waals surface area contributed by atoms with Crippen LogP contribution in [0.4, 0.5) is 22.7 Å². The summed E-state index contributed by atoms with van der Waals surface area (Å²) in [5, 5.41) is 0. The van der Waals surface area contributed by atoms with Crippen molar-refractivity contribution in [1.82, 2.24) is 0 Å². The smallest absolute Gasteiger partial charge is 0.340 e. The van der Waals surface area contributed by atoms with Gasteiger partial charge in [0.15, 0.2) is 47.9 Å². The number of rotatable bonds is 2. The molecule has 68 heavy (non-hydrogen) atoms. The van der Waals surface area contributed by atoms with Gasteiger partial charge in [0.25, 0.3) is 0 Å². The Morgan fingerprint density at radius 1 is 0.324 bits per heavy atom. The fourth-order valence-corrected chi connectivity index (χ4v) is 10.7. The lowest BCUT2D eigenvalue weighted by Crippen LogP contribution is -2.62. The van der Waals surface area contributed by atoms with Gasteiger partial charge in [0, 0.05) is 70.0 Å². The number of ether oxygens (including phenoxy) is 4.